The highest BCUT2D eigenvalue weighted by molar-refractivity contribution is 4.84. The maximum Gasteiger partial charge on any atom is 0.406 e. The average Bonchev–Trinajstić information content (AvgIpc) is 1.61. The third-order valence-electron chi connectivity index (χ3n) is 1.23. The van der Waals surface area contributed by atoms with Crippen molar-refractivity contribution in [3.63, 3.8) is 0 Å². The topological polar surface area (TPSA) is 32.3 Å². The van der Waals surface area contributed by atoms with E-state index < -0.39 is 18.4 Å². The first-order valence-corrected chi connectivity index (χ1v) is 2.74. The van der Waals surface area contributed by atoms with Crippen molar-refractivity contribution in [2.45, 2.75) is 25.6 Å². The Hall–Kier alpha value is -0.290. The third kappa shape index (κ3) is 2.15. The van der Waals surface area contributed by atoms with Gasteiger partial charge in [0, 0.05) is 0 Å². The van der Waals surface area contributed by atoms with Crippen molar-refractivity contribution < 1.29 is 18.3 Å². The van der Waals surface area contributed by atoms with E-state index in [2.05, 4.69) is 0 Å². The van der Waals surface area contributed by atoms with Crippen LogP contribution < -0.4 is 5.32 Å². The summed E-state index contributed by atoms with van der Waals surface area (Å²) in [6, 6.07) is 0. The molecule has 0 bridgehead atoms. The lowest BCUT2D eigenvalue weighted by molar-refractivity contribution is -0.189. The van der Waals surface area contributed by atoms with Crippen LogP contribution in [0.4, 0.5) is 13.2 Å². The van der Waals surface area contributed by atoms with Gasteiger partial charge < -0.3 is 5.11 Å². The van der Waals surface area contributed by atoms with Crippen molar-refractivity contribution in [1.29, 1.82) is 0 Å². The Bertz CT molecular complexity index is 110. The fourth-order valence-electron chi connectivity index (χ4n) is 0.298. The van der Waals surface area contributed by atoms with E-state index in [0.29, 0.717) is 0 Å². The van der Waals surface area contributed by atoms with E-state index in [4.69, 9.17) is 5.11 Å². The van der Waals surface area contributed by atoms with Crippen LogP contribution in [0, 0.1) is 0 Å². The van der Waals surface area contributed by atoms with Gasteiger partial charge in [0.1, 0.15) is 5.54 Å². The van der Waals surface area contributed by atoms with Gasteiger partial charge in [0.25, 0.3) is 0 Å². The number of rotatable bonds is 2. The summed E-state index contributed by atoms with van der Waals surface area (Å²) in [7, 11) is 0. The molecule has 0 spiro atoms. The van der Waals surface area contributed by atoms with Crippen molar-refractivity contribution in [3.8, 4) is 0 Å². The molecular weight excluding hydrogens is 147 g/mol. The summed E-state index contributed by atoms with van der Waals surface area (Å²) in [6.45, 7) is 1.25. The normalized spacial score (nSPS) is 13.8. The second-order valence-corrected chi connectivity index (χ2v) is 2.46. The summed E-state index contributed by atoms with van der Waals surface area (Å²) in [5, 5.41) is 10.0. The number of halogens is 3. The molecule has 2 nitrogen and oxygen atoms in total. The predicted molar refractivity (Wildman–Crippen MR) is 30.4 cm³/mol. The highest BCUT2D eigenvalue weighted by Crippen LogP contribution is 2.28. The van der Waals surface area contributed by atoms with Crippen LogP contribution in [0.1, 0.15) is 13.8 Å². The van der Waals surface area contributed by atoms with Gasteiger partial charge >= 0.3 is 6.18 Å². The minimum atomic E-state index is -4.32. The molecule has 10 heavy (non-hydrogen) atoms. The molecule has 0 amide bonds. The summed E-state index contributed by atoms with van der Waals surface area (Å²) in [5.41, 5.74) is -2.01. The lowest BCUT2D eigenvalue weighted by atomic mass is 10.1. The molecule has 0 aliphatic heterocycles. The summed E-state index contributed by atoms with van der Waals surface area (Å²) < 4.78 is 35.5. The summed E-state index contributed by atoms with van der Waals surface area (Å²) in [5.74, 6) is 0. The molecule has 0 aromatic rings. The number of alkyl halides is 3. The quantitative estimate of drug-likeness (QED) is 0.583. The molecule has 0 saturated carbocycles. The zero-order valence-electron chi connectivity index (χ0n) is 5.79. The van der Waals surface area contributed by atoms with E-state index in [1.807, 2.05) is 5.32 Å². The van der Waals surface area contributed by atoms with E-state index in [1.165, 1.54) is 0 Å². The molecule has 5 heteroatoms. The van der Waals surface area contributed by atoms with Crippen molar-refractivity contribution in [2.75, 3.05) is 6.73 Å². The van der Waals surface area contributed by atoms with E-state index in [-0.39, 0.29) is 0 Å². The van der Waals surface area contributed by atoms with Gasteiger partial charge in [-0.1, -0.05) is 0 Å². The van der Waals surface area contributed by atoms with Crippen molar-refractivity contribution >= 4 is 0 Å². The average molecular weight is 157 g/mol. The van der Waals surface area contributed by atoms with Crippen LogP contribution in [-0.4, -0.2) is 23.6 Å². The largest absolute Gasteiger partial charge is 0.406 e. The zero-order valence-corrected chi connectivity index (χ0v) is 5.79. The molecule has 2 N–H and O–H groups in total. The monoisotopic (exact) mass is 157 g/mol. The first kappa shape index (κ1) is 9.71. The molecule has 0 aliphatic rings. The Labute approximate surface area is 57.0 Å². The van der Waals surface area contributed by atoms with E-state index in [0.717, 1.165) is 13.8 Å². The van der Waals surface area contributed by atoms with Crippen LogP contribution in [0.15, 0.2) is 0 Å². The van der Waals surface area contributed by atoms with Gasteiger partial charge in [0.05, 0.1) is 6.73 Å². The Balaban J connectivity index is 4.10. The zero-order chi connectivity index (χ0) is 8.41. The fourth-order valence-corrected chi connectivity index (χ4v) is 0.298. The highest BCUT2D eigenvalue weighted by atomic mass is 19.4. The lowest BCUT2D eigenvalue weighted by Crippen LogP contribution is -2.52. The lowest BCUT2D eigenvalue weighted by Gasteiger charge is -2.27. The second kappa shape index (κ2) is 2.75. The molecule has 0 unspecified atom stereocenters. The van der Waals surface area contributed by atoms with Crippen LogP contribution in [0.2, 0.25) is 0 Å². The van der Waals surface area contributed by atoms with Gasteiger partial charge in [0.15, 0.2) is 0 Å². The molecule has 0 aliphatic carbocycles. The van der Waals surface area contributed by atoms with Crippen LogP contribution in [0.3, 0.4) is 0 Å². The molecule has 0 radical (unpaired) electrons. The van der Waals surface area contributed by atoms with Gasteiger partial charge in [-0.2, -0.15) is 13.2 Å². The molecule has 62 valence electrons. The van der Waals surface area contributed by atoms with Gasteiger partial charge in [-0.15, -0.1) is 0 Å². The minimum absolute atomic E-state index is 0.674. The smallest absolute Gasteiger partial charge is 0.381 e. The minimum Gasteiger partial charge on any atom is -0.381 e. The van der Waals surface area contributed by atoms with E-state index in [1.54, 1.807) is 0 Å². The SMILES string of the molecule is CC(C)(NCO)C(F)(F)F. The fraction of sp³-hybridized carbons (Fsp3) is 1.00. The van der Waals surface area contributed by atoms with Gasteiger partial charge in [-0.05, 0) is 13.8 Å². The molecule has 0 atom stereocenters. The summed E-state index contributed by atoms with van der Waals surface area (Å²) >= 11 is 0. The van der Waals surface area contributed by atoms with Crippen molar-refractivity contribution in [1.82, 2.24) is 5.32 Å². The van der Waals surface area contributed by atoms with Crippen LogP contribution in [-0.2, 0) is 0 Å². The predicted octanol–water partition coefficient (Wildman–Crippen LogP) is 0.867. The number of nitrogens with one attached hydrogen (secondary N) is 1. The number of hydrogen-bond acceptors (Lipinski definition) is 2. The number of aliphatic hydroxyl groups is 1. The molecule has 0 saturated heterocycles. The standard InChI is InChI=1S/C5H10F3NO/c1-4(2,9-3-10)5(6,7)8/h9-10H,3H2,1-2H3. The third-order valence-corrected chi connectivity index (χ3v) is 1.23. The Morgan fingerprint density at radius 1 is 1.30 bits per heavy atom. The summed E-state index contributed by atoms with van der Waals surface area (Å²) in [6.07, 6.45) is -4.32. The van der Waals surface area contributed by atoms with Gasteiger partial charge in [-0.3, -0.25) is 5.32 Å². The number of aliphatic hydroxyl groups excluding tert-OH is 1. The molecular formula is C5H10F3NO. The first-order valence-electron chi connectivity index (χ1n) is 2.74. The van der Waals surface area contributed by atoms with Crippen molar-refractivity contribution in [3.05, 3.63) is 0 Å². The Morgan fingerprint density at radius 2 is 1.70 bits per heavy atom. The van der Waals surface area contributed by atoms with Crippen LogP contribution >= 0.6 is 0 Å². The first-order chi connectivity index (χ1) is 4.31. The second-order valence-electron chi connectivity index (χ2n) is 2.46. The van der Waals surface area contributed by atoms with E-state index in [9.17, 15) is 13.2 Å². The van der Waals surface area contributed by atoms with Crippen molar-refractivity contribution in [2.24, 2.45) is 0 Å². The maximum atomic E-state index is 11.8. The summed E-state index contributed by atoms with van der Waals surface area (Å²) in [4.78, 5) is 0. The van der Waals surface area contributed by atoms with Gasteiger partial charge in [0.2, 0.25) is 0 Å². The molecule has 0 aromatic carbocycles. The Kier molecular flexibility index (Phi) is 2.67. The maximum absolute atomic E-state index is 11.8. The molecule has 0 rings (SSSR count). The Morgan fingerprint density at radius 3 is 1.80 bits per heavy atom. The van der Waals surface area contributed by atoms with Gasteiger partial charge in [-0.25, -0.2) is 0 Å². The highest BCUT2D eigenvalue weighted by Gasteiger charge is 2.46. The van der Waals surface area contributed by atoms with Crippen LogP contribution in [0.5, 0.6) is 0 Å². The molecule has 0 heterocycles. The molecule has 0 aromatic heterocycles. The van der Waals surface area contributed by atoms with E-state index >= 15 is 0 Å². The molecule has 0 fully saturated rings. The van der Waals surface area contributed by atoms with Crippen LogP contribution in [0.25, 0.3) is 0 Å². The number of hydrogen-bond donors (Lipinski definition) is 2.